The number of fused-ring (bicyclic) bond motifs is 3. The molecule has 3 aromatic heterocycles. The number of thiophene rings is 2. The average Bonchev–Trinajstić information content (AvgIpc) is 3.28. The predicted molar refractivity (Wildman–Crippen MR) is 118 cm³/mol. The van der Waals surface area contributed by atoms with Gasteiger partial charge in [-0.15, -0.1) is 22.7 Å². The number of carboxylic acids is 1. The molecule has 0 aliphatic heterocycles. The lowest BCUT2D eigenvalue weighted by Crippen LogP contribution is -1.99. The highest BCUT2D eigenvalue weighted by Gasteiger charge is 2.16. The summed E-state index contributed by atoms with van der Waals surface area (Å²) in [6, 6.07) is 12.8. The lowest BCUT2D eigenvalue weighted by Gasteiger charge is -2.09. The maximum absolute atomic E-state index is 10.5. The van der Waals surface area contributed by atoms with Crippen molar-refractivity contribution >= 4 is 49.1 Å². The first-order valence-corrected chi connectivity index (χ1v) is 11.1. The van der Waals surface area contributed by atoms with E-state index in [1.165, 1.54) is 30.2 Å². The number of hydrogen-bond donors (Lipinski definition) is 1. The SMILES string of the molecule is Cc1cc2c(s1)c1sc(C)cc1n2-c1ccc(OCCCCCC(=O)O)cc1. The van der Waals surface area contributed by atoms with E-state index in [0.29, 0.717) is 13.0 Å². The zero-order valence-corrected chi connectivity index (χ0v) is 17.7. The highest BCUT2D eigenvalue weighted by atomic mass is 32.1. The molecule has 0 saturated heterocycles. The highest BCUT2D eigenvalue weighted by molar-refractivity contribution is 7.27. The minimum atomic E-state index is -0.730. The molecule has 0 radical (unpaired) electrons. The van der Waals surface area contributed by atoms with Crippen molar-refractivity contribution in [3.05, 3.63) is 46.2 Å². The van der Waals surface area contributed by atoms with Crippen molar-refractivity contribution in [1.29, 1.82) is 0 Å². The van der Waals surface area contributed by atoms with Gasteiger partial charge in [-0.05, 0) is 69.5 Å². The molecule has 146 valence electrons. The Morgan fingerprint density at radius 2 is 1.57 bits per heavy atom. The molecule has 1 N–H and O–H groups in total. The van der Waals surface area contributed by atoms with Gasteiger partial charge in [0.05, 0.1) is 27.0 Å². The van der Waals surface area contributed by atoms with Gasteiger partial charge < -0.3 is 14.4 Å². The topological polar surface area (TPSA) is 51.5 Å². The van der Waals surface area contributed by atoms with Crippen LogP contribution in [0.2, 0.25) is 0 Å². The van der Waals surface area contributed by atoms with Crippen LogP contribution in [0.15, 0.2) is 36.4 Å². The van der Waals surface area contributed by atoms with E-state index in [9.17, 15) is 4.79 Å². The van der Waals surface area contributed by atoms with E-state index in [2.05, 4.69) is 42.7 Å². The summed E-state index contributed by atoms with van der Waals surface area (Å²) >= 11 is 3.72. The summed E-state index contributed by atoms with van der Waals surface area (Å²) in [5.41, 5.74) is 3.69. The summed E-state index contributed by atoms with van der Waals surface area (Å²) < 4.78 is 10.9. The van der Waals surface area contributed by atoms with E-state index in [1.807, 2.05) is 34.8 Å². The number of ether oxygens (including phenoxy) is 1. The van der Waals surface area contributed by atoms with Crippen LogP contribution >= 0.6 is 22.7 Å². The van der Waals surface area contributed by atoms with Gasteiger partial charge in [0.1, 0.15) is 5.75 Å². The number of benzene rings is 1. The van der Waals surface area contributed by atoms with Crippen LogP contribution in [0.1, 0.15) is 35.4 Å². The van der Waals surface area contributed by atoms with Crippen molar-refractivity contribution in [3.8, 4) is 11.4 Å². The molecular weight excluding hydrogens is 390 g/mol. The summed E-state index contributed by atoms with van der Waals surface area (Å²) in [5, 5.41) is 8.66. The van der Waals surface area contributed by atoms with Crippen LogP contribution in [0.25, 0.3) is 26.1 Å². The van der Waals surface area contributed by atoms with Gasteiger partial charge in [-0.2, -0.15) is 0 Å². The Balaban J connectivity index is 1.50. The number of unbranched alkanes of at least 4 members (excludes halogenated alkanes) is 2. The van der Waals surface area contributed by atoms with Crippen LogP contribution in [0, 0.1) is 13.8 Å². The molecule has 0 aliphatic carbocycles. The van der Waals surface area contributed by atoms with E-state index in [-0.39, 0.29) is 6.42 Å². The van der Waals surface area contributed by atoms with Gasteiger partial charge in [0, 0.05) is 21.9 Å². The first kappa shape index (κ1) is 19.0. The fourth-order valence-corrected chi connectivity index (χ4v) is 5.64. The molecule has 0 aliphatic rings. The highest BCUT2D eigenvalue weighted by Crippen LogP contribution is 2.41. The number of nitrogens with zero attached hydrogens (tertiary/aromatic N) is 1. The maximum Gasteiger partial charge on any atom is 0.303 e. The predicted octanol–water partition coefficient (Wildman–Crippen LogP) is 6.55. The molecule has 0 spiro atoms. The largest absolute Gasteiger partial charge is 0.494 e. The molecule has 4 rings (SSSR count). The third-order valence-electron chi connectivity index (χ3n) is 4.76. The molecule has 0 unspecified atom stereocenters. The minimum absolute atomic E-state index is 0.235. The van der Waals surface area contributed by atoms with Gasteiger partial charge in [-0.3, -0.25) is 4.79 Å². The number of aliphatic carboxylic acids is 1. The van der Waals surface area contributed by atoms with Crippen molar-refractivity contribution in [3.63, 3.8) is 0 Å². The fraction of sp³-hybridized carbons (Fsp3) is 0.318. The summed E-state index contributed by atoms with van der Waals surface area (Å²) in [4.78, 5) is 13.2. The molecule has 0 atom stereocenters. The Bertz CT molecular complexity index is 1060. The van der Waals surface area contributed by atoms with Crippen LogP contribution in [-0.4, -0.2) is 22.2 Å². The number of hydrogen-bond acceptors (Lipinski definition) is 4. The fourth-order valence-electron chi connectivity index (χ4n) is 3.50. The molecule has 3 heterocycles. The number of aryl methyl sites for hydroxylation is 2. The van der Waals surface area contributed by atoms with Crippen molar-refractivity contribution in [2.45, 2.75) is 39.5 Å². The van der Waals surface area contributed by atoms with E-state index in [4.69, 9.17) is 9.84 Å². The summed E-state index contributed by atoms with van der Waals surface area (Å²) in [6.07, 6.45) is 2.69. The van der Waals surface area contributed by atoms with Gasteiger partial charge in [-0.25, -0.2) is 0 Å². The number of carboxylic acid groups (broad SMARTS) is 1. The first-order valence-electron chi connectivity index (χ1n) is 9.49. The molecule has 6 heteroatoms. The van der Waals surface area contributed by atoms with Crippen molar-refractivity contribution in [2.24, 2.45) is 0 Å². The molecule has 0 fully saturated rings. The van der Waals surface area contributed by atoms with Crippen LogP contribution in [-0.2, 0) is 4.79 Å². The number of rotatable bonds is 8. The molecule has 4 aromatic rings. The molecule has 1 aromatic carbocycles. The Kier molecular flexibility index (Phi) is 5.42. The normalized spacial score (nSPS) is 11.5. The lowest BCUT2D eigenvalue weighted by atomic mass is 10.2. The van der Waals surface area contributed by atoms with Crippen molar-refractivity contribution in [2.75, 3.05) is 6.61 Å². The summed E-state index contributed by atoms with van der Waals surface area (Å²) in [5.74, 6) is 0.121. The lowest BCUT2D eigenvalue weighted by molar-refractivity contribution is -0.137. The molecule has 4 nitrogen and oxygen atoms in total. The monoisotopic (exact) mass is 413 g/mol. The van der Waals surface area contributed by atoms with E-state index in [1.54, 1.807) is 0 Å². The van der Waals surface area contributed by atoms with Crippen LogP contribution in [0.3, 0.4) is 0 Å². The molecule has 0 amide bonds. The Morgan fingerprint density at radius 1 is 0.964 bits per heavy atom. The van der Waals surface area contributed by atoms with Gasteiger partial charge in [0.25, 0.3) is 0 Å². The second-order valence-electron chi connectivity index (χ2n) is 7.03. The number of carbonyl (C=O) groups is 1. The maximum atomic E-state index is 10.5. The van der Waals surface area contributed by atoms with Crippen LogP contribution in [0.4, 0.5) is 0 Å². The minimum Gasteiger partial charge on any atom is -0.494 e. The van der Waals surface area contributed by atoms with E-state index >= 15 is 0 Å². The second kappa shape index (κ2) is 7.97. The standard InChI is InChI=1S/C22H23NO3S2/c1-14-12-18-21(27-14)22-19(13-15(2)28-22)23(18)16-7-9-17(10-8-16)26-11-5-3-4-6-20(24)25/h7-10,12-13H,3-6,11H2,1-2H3,(H,24,25). The van der Waals surface area contributed by atoms with Crippen LogP contribution < -0.4 is 4.74 Å². The van der Waals surface area contributed by atoms with E-state index in [0.717, 1.165) is 24.3 Å². The molecule has 28 heavy (non-hydrogen) atoms. The summed E-state index contributed by atoms with van der Waals surface area (Å²) in [6.45, 7) is 4.94. The summed E-state index contributed by atoms with van der Waals surface area (Å²) in [7, 11) is 0. The Labute approximate surface area is 172 Å². The zero-order valence-electron chi connectivity index (χ0n) is 16.0. The van der Waals surface area contributed by atoms with Gasteiger partial charge in [-0.1, -0.05) is 0 Å². The molecule has 0 bridgehead atoms. The third-order valence-corrected chi connectivity index (χ3v) is 7.00. The Hall–Kier alpha value is -2.31. The zero-order chi connectivity index (χ0) is 19.7. The van der Waals surface area contributed by atoms with Gasteiger partial charge >= 0.3 is 5.97 Å². The number of aromatic nitrogens is 1. The quantitative estimate of drug-likeness (QED) is 0.333. The van der Waals surface area contributed by atoms with E-state index < -0.39 is 5.97 Å². The smallest absolute Gasteiger partial charge is 0.303 e. The Morgan fingerprint density at radius 3 is 2.14 bits per heavy atom. The second-order valence-corrected chi connectivity index (χ2v) is 9.54. The van der Waals surface area contributed by atoms with Crippen LogP contribution in [0.5, 0.6) is 5.75 Å². The van der Waals surface area contributed by atoms with Crippen molar-refractivity contribution in [1.82, 2.24) is 4.57 Å². The van der Waals surface area contributed by atoms with Gasteiger partial charge in [0.15, 0.2) is 0 Å². The molecular formula is C22H23NO3S2. The van der Waals surface area contributed by atoms with Gasteiger partial charge in [0.2, 0.25) is 0 Å². The van der Waals surface area contributed by atoms with Crippen molar-refractivity contribution < 1.29 is 14.6 Å². The average molecular weight is 414 g/mol. The third kappa shape index (κ3) is 3.80. The first-order chi connectivity index (χ1) is 13.5. The molecule has 0 saturated carbocycles.